The summed E-state index contributed by atoms with van der Waals surface area (Å²) >= 11 is 11.5. The van der Waals surface area contributed by atoms with Gasteiger partial charge < -0.3 is 9.72 Å². The van der Waals surface area contributed by atoms with Gasteiger partial charge in [0.2, 0.25) is 0 Å². The van der Waals surface area contributed by atoms with E-state index < -0.39 is 0 Å². The number of benzene rings is 2. The molecule has 0 saturated carbocycles. The number of fused-ring (bicyclic) bond motifs is 1. The lowest BCUT2D eigenvalue weighted by Gasteiger charge is -2.09. The van der Waals surface area contributed by atoms with Crippen LogP contribution in [0.25, 0.3) is 16.7 Å². The van der Waals surface area contributed by atoms with Crippen molar-refractivity contribution < 1.29 is 9.13 Å². The fraction of sp³-hybridized carbons (Fsp3) is 0.0714. The third-order valence-corrected chi connectivity index (χ3v) is 3.67. The molecule has 3 aromatic rings. The molecule has 1 aromatic heterocycles. The van der Waals surface area contributed by atoms with Crippen molar-refractivity contribution in [1.82, 2.24) is 9.55 Å². The average Bonchev–Trinajstić information content (AvgIpc) is 2.77. The Kier molecular flexibility index (Phi) is 3.23. The predicted octanol–water partition coefficient (Wildman–Crippen LogP) is 4.49. The highest BCUT2D eigenvalue weighted by Crippen LogP contribution is 2.29. The number of nitrogens with one attached hydrogen (secondary N) is 1. The van der Waals surface area contributed by atoms with Crippen LogP contribution in [0.3, 0.4) is 0 Å². The number of rotatable bonds is 2. The van der Waals surface area contributed by atoms with Gasteiger partial charge in [-0.15, -0.1) is 0 Å². The molecule has 6 heteroatoms. The number of aromatic nitrogens is 2. The Balaban J connectivity index is 2.38. The molecule has 0 fully saturated rings. The first kappa shape index (κ1) is 13.1. The first-order valence-electron chi connectivity index (χ1n) is 5.85. The molecular formula is C14H10ClFN2OS. The molecule has 0 unspecified atom stereocenters. The standard InChI is InChI=1S/C14H10ClFN2OS/c1-19-8-5-6-9(15)12(7-8)18-11-4-2-3-10(16)13(11)17-14(18)20/h2-7H,1H3,(H,17,20). The number of halogens is 2. The molecule has 0 aliphatic rings. The van der Waals surface area contributed by atoms with Crippen molar-refractivity contribution in [2.75, 3.05) is 7.11 Å². The summed E-state index contributed by atoms with van der Waals surface area (Å²) < 4.78 is 21.1. The first-order valence-corrected chi connectivity index (χ1v) is 6.63. The van der Waals surface area contributed by atoms with E-state index in [0.717, 1.165) is 0 Å². The van der Waals surface area contributed by atoms with Gasteiger partial charge in [-0.05, 0) is 36.5 Å². The van der Waals surface area contributed by atoms with Crippen LogP contribution in [-0.4, -0.2) is 16.7 Å². The molecule has 0 radical (unpaired) electrons. The van der Waals surface area contributed by atoms with E-state index in [1.165, 1.54) is 6.07 Å². The zero-order valence-electron chi connectivity index (χ0n) is 10.5. The van der Waals surface area contributed by atoms with Crippen molar-refractivity contribution in [1.29, 1.82) is 0 Å². The Morgan fingerprint density at radius 1 is 1.30 bits per heavy atom. The van der Waals surface area contributed by atoms with Gasteiger partial charge in [0.25, 0.3) is 0 Å². The molecule has 3 nitrogen and oxygen atoms in total. The SMILES string of the molecule is COc1ccc(Cl)c(-n2c(=S)[nH]c3c(F)cccc32)c1. The van der Waals surface area contributed by atoms with Crippen LogP contribution < -0.4 is 4.74 Å². The number of nitrogens with zero attached hydrogens (tertiary/aromatic N) is 1. The van der Waals surface area contributed by atoms with Gasteiger partial charge in [0.1, 0.15) is 17.1 Å². The fourth-order valence-electron chi connectivity index (χ4n) is 2.13. The number of hydrogen-bond acceptors (Lipinski definition) is 2. The van der Waals surface area contributed by atoms with Crippen molar-refractivity contribution in [2.45, 2.75) is 0 Å². The van der Waals surface area contributed by atoms with E-state index in [4.69, 9.17) is 28.6 Å². The number of H-pyrrole nitrogens is 1. The van der Waals surface area contributed by atoms with Gasteiger partial charge in [-0.3, -0.25) is 4.57 Å². The molecule has 3 rings (SSSR count). The summed E-state index contributed by atoms with van der Waals surface area (Å²) in [7, 11) is 1.57. The van der Waals surface area contributed by atoms with E-state index >= 15 is 0 Å². The molecule has 0 saturated heterocycles. The second kappa shape index (κ2) is 4.92. The number of imidazole rings is 1. The Labute approximate surface area is 124 Å². The van der Waals surface area contributed by atoms with Crippen LogP contribution in [-0.2, 0) is 0 Å². The Morgan fingerprint density at radius 3 is 2.85 bits per heavy atom. The van der Waals surface area contributed by atoms with Gasteiger partial charge in [-0.25, -0.2) is 4.39 Å². The van der Waals surface area contributed by atoms with Crippen molar-refractivity contribution in [3.63, 3.8) is 0 Å². The molecular weight excluding hydrogens is 299 g/mol. The summed E-state index contributed by atoms with van der Waals surface area (Å²) in [6.45, 7) is 0. The highest BCUT2D eigenvalue weighted by molar-refractivity contribution is 7.71. The molecule has 0 spiro atoms. The van der Waals surface area contributed by atoms with Gasteiger partial charge in [-0.1, -0.05) is 17.7 Å². The molecule has 0 atom stereocenters. The van der Waals surface area contributed by atoms with Crippen molar-refractivity contribution in [3.8, 4) is 11.4 Å². The monoisotopic (exact) mass is 308 g/mol. The van der Waals surface area contributed by atoms with Gasteiger partial charge in [0.15, 0.2) is 4.77 Å². The number of hydrogen-bond donors (Lipinski definition) is 1. The van der Waals surface area contributed by atoms with Gasteiger partial charge in [-0.2, -0.15) is 0 Å². The van der Waals surface area contributed by atoms with Crippen LogP contribution in [0.5, 0.6) is 5.75 Å². The van der Waals surface area contributed by atoms with Gasteiger partial charge in [0.05, 0.1) is 23.3 Å². The molecule has 0 bridgehead atoms. The average molecular weight is 309 g/mol. The lowest BCUT2D eigenvalue weighted by molar-refractivity contribution is 0.414. The number of ether oxygens (including phenoxy) is 1. The molecule has 2 aromatic carbocycles. The normalized spacial score (nSPS) is 10.9. The van der Waals surface area contributed by atoms with E-state index in [1.807, 2.05) is 0 Å². The van der Waals surface area contributed by atoms with Crippen LogP contribution in [0, 0.1) is 10.6 Å². The van der Waals surface area contributed by atoms with Crippen LogP contribution in [0.4, 0.5) is 4.39 Å². The topological polar surface area (TPSA) is 29.9 Å². The Bertz CT molecular complexity index is 856. The molecule has 0 aliphatic heterocycles. The molecule has 20 heavy (non-hydrogen) atoms. The lowest BCUT2D eigenvalue weighted by Crippen LogP contribution is -1.96. The minimum atomic E-state index is -0.355. The molecule has 0 amide bonds. The maximum Gasteiger partial charge on any atom is 0.182 e. The molecule has 1 heterocycles. The van der Waals surface area contributed by atoms with Crippen molar-refractivity contribution in [3.05, 3.63) is 52.0 Å². The summed E-state index contributed by atoms with van der Waals surface area (Å²) in [5, 5.41) is 0.507. The van der Waals surface area contributed by atoms with Crippen LogP contribution in [0.1, 0.15) is 0 Å². The lowest BCUT2D eigenvalue weighted by atomic mass is 10.2. The first-order chi connectivity index (χ1) is 9.61. The summed E-state index contributed by atoms with van der Waals surface area (Å²) in [4.78, 5) is 2.86. The second-order valence-corrected chi connectivity index (χ2v) is 5.01. The number of para-hydroxylation sites is 1. The Morgan fingerprint density at radius 2 is 2.10 bits per heavy atom. The maximum atomic E-state index is 13.8. The quantitative estimate of drug-likeness (QED) is 0.707. The summed E-state index contributed by atoms with van der Waals surface area (Å²) in [6.07, 6.45) is 0. The molecule has 0 aliphatic carbocycles. The number of aromatic amines is 1. The Hall–Kier alpha value is -1.85. The van der Waals surface area contributed by atoms with Crippen LogP contribution in [0.2, 0.25) is 5.02 Å². The molecule has 1 N–H and O–H groups in total. The van der Waals surface area contributed by atoms with E-state index in [-0.39, 0.29) is 5.82 Å². The highest BCUT2D eigenvalue weighted by atomic mass is 35.5. The third-order valence-electron chi connectivity index (χ3n) is 3.06. The third kappa shape index (κ3) is 1.99. The zero-order chi connectivity index (χ0) is 14.3. The van der Waals surface area contributed by atoms with Gasteiger partial charge >= 0.3 is 0 Å². The predicted molar refractivity (Wildman–Crippen MR) is 80.0 cm³/mol. The van der Waals surface area contributed by atoms with Gasteiger partial charge in [0, 0.05) is 6.07 Å². The van der Waals surface area contributed by atoms with E-state index in [1.54, 1.807) is 42.0 Å². The van der Waals surface area contributed by atoms with E-state index in [2.05, 4.69) is 4.98 Å². The zero-order valence-corrected chi connectivity index (χ0v) is 12.1. The van der Waals surface area contributed by atoms with E-state index in [0.29, 0.717) is 32.3 Å². The van der Waals surface area contributed by atoms with Crippen molar-refractivity contribution >= 4 is 34.9 Å². The largest absolute Gasteiger partial charge is 0.497 e. The van der Waals surface area contributed by atoms with E-state index in [9.17, 15) is 4.39 Å². The minimum Gasteiger partial charge on any atom is -0.497 e. The fourth-order valence-corrected chi connectivity index (χ4v) is 2.63. The highest BCUT2D eigenvalue weighted by Gasteiger charge is 2.13. The smallest absolute Gasteiger partial charge is 0.182 e. The maximum absolute atomic E-state index is 13.8. The second-order valence-electron chi connectivity index (χ2n) is 4.22. The molecule has 102 valence electrons. The minimum absolute atomic E-state index is 0.355. The van der Waals surface area contributed by atoms with Crippen LogP contribution >= 0.6 is 23.8 Å². The van der Waals surface area contributed by atoms with Crippen LogP contribution in [0.15, 0.2) is 36.4 Å². The van der Waals surface area contributed by atoms with Crippen molar-refractivity contribution in [2.24, 2.45) is 0 Å². The summed E-state index contributed by atoms with van der Waals surface area (Å²) in [5.74, 6) is 0.295. The summed E-state index contributed by atoms with van der Waals surface area (Å²) in [6, 6.07) is 10.0. The number of methoxy groups -OCH3 is 1. The summed E-state index contributed by atoms with van der Waals surface area (Å²) in [5.41, 5.74) is 1.63.